The van der Waals surface area contributed by atoms with Gasteiger partial charge in [-0.25, -0.2) is 4.68 Å². The summed E-state index contributed by atoms with van der Waals surface area (Å²) in [7, 11) is 0. The van der Waals surface area contributed by atoms with Crippen molar-refractivity contribution in [1.29, 1.82) is 0 Å². The number of rotatable bonds is 6. The van der Waals surface area contributed by atoms with Gasteiger partial charge in [0.15, 0.2) is 0 Å². The summed E-state index contributed by atoms with van der Waals surface area (Å²) >= 11 is 0. The highest BCUT2D eigenvalue weighted by molar-refractivity contribution is 5.31. The van der Waals surface area contributed by atoms with Gasteiger partial charge in [0.25, 0.3) is 0 Å². The van der Waals surface area contributed by atoms with Crippen molar-refractivity contribution >= 4 is 0 Å². The predicted octanol–water partition coefficient (Wildman–Crippen LogP) is 2.18. The summed E-state index contributed by atoms with van der Waals surface area (Å²) in [6.07, 6.45) is 11.7. The van der Waals surface area contributed by atoms with Crippen LogP contribution in [0.15, 0.2) is 42.7 Å². The Morgan fingerprint density at radius 3 is 2.84 bits per heavy atom. The van der Waals surface area contributed by atoms with Crippen molar-refractivity contribution in [3.8, 4) is 18.0 Å². The van der Waals surface area contributed by atoms with Gasteiger partial charge in [-0.15, -0.1) is 12.3 Å². The Morgan fingerprint density at radius 2 is 2.16 bits per heavy atom. The number of unbranched alkanes of at least 4 members (excludes halogenated alkanes) is 1. The van der Waals surface area contributed by atoms with E-state index in [-0.39, 0.29) is 6.04 Å². The molecule has 1 unspecified atom stereocenters. The number of nitrogens with two attached hydrogens (primary N) is 1. The van der Waals surface area contributed by atoms with Crippen LogP contribution in [0.5, 0.6) is 0 Å². The van der Waals surface area contributed by atoms with Crippen LogP contribution in [-0.4, -0.2) is 9.78 Å². The van der Waals surface area contributed by atoms with Crippen molar-refractivity contribution in [1.82, 2.24) is 15.2 Å². The lowest BCUT2D eigenvalue weighted by Crippen LogP contribution is -2.27. The fraction of sp³-hybridized carbons (Fsp3) is 0.267. The van der Waals surface area contributed by atoms with Crippen LogP contribution >= 0.6 is 0 Å². The molecule has 4 nitrogen and oxygen atoms in total. The van der Waals surface area contributed by atoms with Gasteiger partial charge in [-0.2, -0.15) is 5.10 Å². The lowest BCUT2D eigenvalue weighted by Gasteiger charge is -2.12. The van der Waals surface area contributed by atoms with Gasteiger partial charge in [0.2, 0.25) is 0 Å². The minimum absolute atomic E-state index is 0.0887. The Kier molecular flexibility index (Phi) is 4.73. The Labute approximate surface area is 113 Å². The van der Waals surface area contributed by atoms with Gasteiger partial charge in [0.05, 0.1) is 11.9 Å². The molecule has 0 saturated carbocycles. The van der Waals surface area contributed by atoms with E-state index in [0.717, 1.165) is 30.5 Å². The fourth-order valence-electron chi connectivity index (χ4n) is 1.99. The van der Waals surface area contributed by atoms with Crippen LogP contribution in [-0.2, 0) is 0 Å². The maximum Gasteiger partial charge on any atom is 0.0645 e. The molecule has 1 aromatic heterocycles. The number of terminal acetylenes is 1. The van der Waals surface area contributed by atoms with E-state index in [4.69, 9.17) is 12.3 Å². The van der Waals surface area contributed by atoms with E-state index in [9.17, 15) is 0 Å². The van der Waals surface area contributed by atoms with Crippen molar-refractivity contribution in [2.24, 2.45) is 5.84 Å². The zero-order chi connectivity index (χ0) is 13.5. The molecule has 0 fully saturated rings. The molecule has 0 aliphatic rings. The van der Waals surface area contributed by atoms with E-state index in [1.54, 1.807) is 0 Å². The molecule has 0 amide bonds. The van der Waals surface area contributed by atoms with Crippen LogP contribution in [0, 0.1) is 12.3 Å². The van der Waals surface area contributed by atoms with E-state index in [1.807, 2.05) is 47.4 Å². The molecule has 0 spiro atoms. The summed E-state index contributed by atoms with van der Waals surface area (Å²) in [4.78, 5) is 0. The average Bonchev–Trinajstić information content (AvgIpc) is 2.94. The number of nitrogens with one attached hydrogen (secondary N) is 1. The second kappa shape index (κ2) is 6.74. The van der Waals surface area contributed by atoms with Crippen molar-refractivity contribution in [3.63, 3.8) is 0 Å². The van der Waals surface area contributed by atoms with Gasteiger partial charge < -0.3 is 0 Å². The van der Waals surface area contributed by atoms with Crippen molar-refractivity contribution < 1.29 is 0 Å². The summed E-state index contributed by atoms with van der Waals surface area (Å²) < 4.78 is 1.85. The highest BCUT2D eigenvalue weighted by Crippen LogP contribution is 2.19. The molecule has 0 saturated heterocycles. The number of aromatic nitrogens is 2. The van der Waals surface area contributed by atoms with Crippen molar-refractivity contribution in [2.75, 3.05) is 0 Å². The third-order valence-corrected chi connectivity index (χ3v) is 3.04. The maximum atomic E-state index is 5.60. The largest absolute Gasteiger partial charge is 0.271 e. The van der Waals surface area contributed by atoms with E-state index >= 15 is 0 Å². The molecule has 19 heavy (non-hydrogen) atoms. The van der Waals surface area contributed by atoms with Crippen LogP contribution in [0.1, 0.15) is 30.9 Å². The molecule has 2 aromatic rings. The van der Waals surface area contributed by atoms with Crippen molar-refractivity contribution in [3.05, 3.63) is 48.3 Å². The smallest absolute Gasteiger partial charge is 0.0645 e. The number of nitrogens with zero attached hydrogens (tertiary/aromatic N) is 2. The van der Waals surface area contributed by atoms with Crippen LogP contribution in [0.4, 0.5) is 0 Å². The third-order valence-electron chi connectivity index (χ3n) is 3.04. The first-order valence-electron chi connectivity index (χ1n) is 6.34. The Bertz CT molecular complexity index is 539. The number of hydrogen-bond donors (Lipinski definition) is 2. The lowest BCUT2D eigenvalue weighted by molar-refractivity contribution is 0.502. The van der Waals surface area contributed by atoms with Crippen LogP contribution in [0.3, 0.4) is 0 Å². The van der Waals surface area contributed by atoms with Gasteiger partial charge >= 0.3 is 0 Å². The maximum absolute atomic E-state index is 5.60. The molecule has 1 atom stereocenters. The number of benzene rings is 1. The molecule has 98 valence electrons. The Morgan fingerprint density at radius 1 is 1.37 bits per heavy atom. The quantitative estimate of drug-likeness (QED) is 0.359. The molecule has 1 aromatic carbocycles. The number of hydrazine groups is 1. The molecular formula is C15H18N4. The first kappa shape index (κ1) is 13.3. The van der Waals surface area contributed by atoms with E-state index in [2.05, 4.69) is 16.4 Å². The fourth-order valence-corrected chi connectivity index (χ4v) is 1.99. The van der Waals surface area contributed by atoms with Crippen LogP contribution in [0.2, 0.25) is 0 Å². The molecule has 0 radical (unpaired) electrons. The molecule has 3 N–H and O–H groups in total. The summed E-state index contributed by atoms with van der Waals surface area (Å²) in [5, 5.41) is 4.36. The minimum Gasteiger partial charge on any atom is -0.271 e. The van der Waals surface area contributed by atoms with Crippen LogP contribution in [0.25, 0.3) is 5.69 Å². The van der Waals surface area contributed by atoms with Gasteiger partial charge in [-0.05, 0) is 25.0 Å². The average molecular weight is 254 g/mol. The van der Waals surface area contributed by atoms with Gasteiger partial charge in [-0.1, -0.05) is 18.2 Å². The second-order valence-corrected chi connectivity index (χ2v) is 4.37. The Balaban J connectivity index is 2.09. The summed E-state index contributed by atoms with van der Waals surface area (Å²) in [6.45, 7) is 0. The zero-order valence-electron chi connectivity index (χ0n) is 10.8. The molecule has 2 rings (SSSR count). The van der Waals surface area contributed by atoms with Crippen LogP contribution < -0.4 is 11.3 Å². The Hall–Kier alpha value is -2.09. The molecule has 4 heteroatoms. The highest BCUT2D eigenvalue weighted by Gasteiger charge is 2.11. The van der Waals surface area contributed by atoms with Crippen molar-refractivity contribution in [2.45, 2.75) is 25.3 Å². The van der Waals surface area contributed by atoms with E-state index < -0.39 is 0 Å². The topological polar surface area (TPSA) is 55.9 Å². The first-order chi connectivity index (χ1) is 9.35. The van der Waals surface area contributed by atoms with Gasteiger partial charge in [0, 0.05) is 24.2 Å². The predicted molar refractivity (Wildman–Crippen MR) is 76.3 cm³/mol. The monoisotopic (exact) mass is 254 g/mol. The molecule has 0 aliphatic carbocycles. The molecule has 0 aliphatic heterocycles. The number of para-hydroxylation sites is 1. The normalized spacial score (nSPS) is 12.0. The lowest BCUT2D eigenvalue weighted by atomic mass is 10.1. The molecule has 0 bridgehead atoms. The summed E-state index contributed by atoms with van der Waals surface area (Å²) in [5.41, 5.74) is 4.93. The highest BCUT2D eigenvalue weighted by atomic mass is 15.3. The summed E-state index contributed by atoms with van der Waals surface area (Å²) in [6, 6.07) is 10.1. The molecular weight excluding hydrogens is 236 g/mol. The van der Waals surface area contributed by atoms with Gasteiger partial charge in [0.1, 0.15) is 0 Å². The molecule has 1 heterocycles. The zero-order valence-corrected chi connectivity index (χ0v) is 10.8. The standard InChI is InChI=1S/C15H18N4/c1-2-3-5-10-15(18-16)13-11-17-19(12-13)14-8-6-4-7-9-14/h1,4,6-9,11-12,15,18H,3,5,10,16H2. The van der Waals surface area contributed by atoms with E-state index in [0.29, 0.717) is 0 Å². The second-order valence-electron chi connectivity index (χ2n) is 4.37. The van der Waals surface area contributed by atoms with Gasteiger partial charge in [-0.3, -0.25) is 11.3 Å². The first-order valence-corrected chi connectivity index (χ1v) is 6.34. The minimum atomic E-state index is 0.0887. The summed E-state index contributed by atoms with van der Waals surface area (Å²) in [5.74, 6) is 8.24. The SMILES string of the molecule is C#CCCCC(NN)c1cnn(-c2ccccc2)c1. The third kappa shape index (κ3) is 3.44. The number of hydrogen-bond acceptors (Lipinski definition) is 3. The van der Waals surface area contributed by atoms with E-state index in [1.165, 1.54) is 0 Å².